The van der Waals surface area contributed by atoms with Crippen LogP contribution in [0.15, 0.2) is 47.4 Å². The molecule has 0 unspecified atom stereocenters. The molecular formula is C23H25N5O5. The summed E-state index contributed by atoms with van der Waals surface area (Å²) in [6.07, 6.45) is 3.65. The summed E-state index contributed by atoms with van der Waals surface area (Å²) in [5.74, 6) is -0.833. The molecule has 2 heterocycles. The van der Waals surface area contributed by atoms with E-state index in [0.29, 0.717) is 23.3 Å². The van der Waals surface area contributed by atoms with Crippen LogP contribution in [0.4, 0.5) is 5.69 Å². The fourth-order valence-corrected chi connectivity index (χ4v) is 3.72. The molecule has 0 radical (unpaired) electrons. The molecule has 172 valence electrons. The largest absolute Gasteiger partial charge is 0.481 e. The predicted molar refractivity (Wildman–Crippen MR) is 126 cm³/mol. The number of nitrogens with one attached hydrogen (secondary N) is 1. The van der Waals surface area contributed by atoms with E-state index in [-0.39, 0.29) is 11.2 Å². The highest BCUT2D eigenvalue weighted by Crippen LogP contribution is 2.31. The number of nitrogens with zero attached hydrogens (tertiary/aromatic N) is 3. The van der Waals surface area contributed by atoms with Crippen molar-refractivity contribution in [2.75, 3.05) is 6.54 Å². The van der Waals surface area contributed by atoms with Crippen molar-refractivity contribution in [1.29, 1.82) is 0 Å². The van der Waals surface area contributed by atoms with Crippen molar-refractivity contribution in [3.05, 3.63) is 68.6 Å². The first kappa shape index (κ1) is 23.6. The van der Waals surface area contributed by atoms with E-state index in [1.807, 2.05) is 18.3 Å². The first-order valence-electron chi connectivity index (χ1n) is 10.5. The Labute approximate surface area is 188 Å². The Bertz CT molecular complexity index is 1390. The number of aromatic nitrogens is 3. The Morgan fingerprint density at radius 1 is 1.30 bits per heavy atom. The molecule has 4 N–H and O–H groups in total. The topological polar surface area (TPSA) is 157 Å². The molecule has 4 aromatic rings. The Morgan fingerprint density at radius 3 is 2.67 bits per heavy atom. The fourth-order valence-electron chi connectivity index (χ4n) is 3.72. The molecule has 2 aromatic carbocycles. The lowest BCUT2D eigenvalue weighted by molar-refractivity contribution is -0.384. The molecule has 10 heteroatoms. The van der Waals surface area contributed by atoms with Crippen LogP contribution in [-0.2, 0) is 17.8 Å². The molecule has 0 atom stereocenters. The Hall–Kier alpha value is -4.05. The standard InChI is InChI=1S/C21H21N5O3.C2H4O2/c1-2-13-5-3-6-15-16(12-25(20(13)15)10-4-9-22)19-21(27)24-18-11-14(26(28)29)7-8-17(18)23-19;1-2(3)4/h3,5-8,11-12H,2,4,9-10,22H2,1H3,(H,24,27);1H3,(H,3,4). The number of para-hydroxylation sites is 1. The number of hydrogen-bond donors (Lipinski definition) is 3. The van der Waals surface area contributed by atoms with Crippen molar-refractivity contribution in [3.8, 4) is 11.3 Å². The van der Waals surface area contributed by atoms with Crippen LogP contribution < -0.4 is 11.3 Å². The van der Waals surface area contributed by atoms with Gasteiger partial charge in [-0.1, -0.05) is 25.1 Å². The van der Waals surface area contributed by atoms with Gasteiger partial charge in [-0.05, 0) is 31.0 Å². The van der Waals surface area contributed by atoms with Crippen molar-refractivity contribution in [1.82, 2.24) is 14.5 Å². The van der Waals surface area contributed by atoms with E-state index < -0.39 is 10.9 Å². The van der Waals surface area contributed by atoms with Gasteiger partial charge in [0.05, 0.1) is 21.5 Å². The number of aryl methyl sites for hydroxylation is 2. The maximum absolute atomic E-state index is 12.8. The average molecular weight is 451 g/mol. The SMILES string of the molecule is CC(=O)O.CCc1cccc2c(-c3nc4ccc([N+](=O)[O-])cc4[nH]c3=O)cn(CCCN)c12. The summed E-state index contributed by atoms with van der Waals surface area (Å²) < 4.78 is 2.14. The Kier molecular flexibility index (Phi) is 7.19. The molecule has 0 saturated heterocycles. The third-order valence-corrected chi connectivity index (χ3v) is 5.11. The zero-order valence-electron chi connectivity index (χ0n) is 18.4. The van der Waals surface area contributed by atoms with Crippen molar-refractivity contribution in [2.24, 2.45) is 5.73 Å². The number of carbonyl (C=O) groups is 1. The molecule has 0 amide bonds. The lowest BCUT2D eigenvalue weighted by atomic mass is 10.1. The number of nitro groups is 1. The van der Waals surface area contributed by atoms with Crippen molar-refractivity contribution in [2.45, 2.75) is 33.2 Å². The number of aromatic amines is 1. The quantitative estimate of drug-likeness (QED) is 0.299. The molecule has 33 heavy (non-hydrogen) atoms. The van der Waals surface area contributed by atoms with Gasteiger partial charge in [-0.3, -0.25) is 19.7 Å². The molecule has 0 saturated carbocycles. The summed E-state index contributed by atoms with van der Waals surface area (Å²) in [7, 11) is 0. The number of rotatable bonds is 6. The minimum absolute atomic E-state index is 0.0892. The normalized spacial score (nSPS) is 10.8. The molecule has 10 nitrogen and oxygen atoms in total. The fraction of sp³-hybridized carbons (Fsp3) is 0.261. The molecule has 0 aliphatic heterocycles. The molecule has 0 aliphatic carbocycles. The molecule has 2 aromatic heterocycles. The third-order valence-electron chi connectivity index (χ3n) is 5.11. The number of carboxylic acids is 1. The monoisotopic (exact) mass is 451 g/mol. The van der Waals surface area contributed by atoms with Gasteiger partial charge in [0.1, 0.15) is 5.69 Å². The highest BCUT2D eigenvalue weighted by Gasteiger charge is 2.18. The first-order valence-corrected chi connectivity index (χ1v) is 10.5. The molecule has 0 spiro atoms. The zero-order valence-corrected chi connectivity index (χ0v) is 18.4. The lowest BCUT2D eigenvalue weighted by Crippen LogP contribution is -2.11. The third kappa shape index (κ3) is 5.07. The summed E-state index contributed by atoms with van der Waals surface area (Å²) in [6, 6.07) is 10.3. The van der Waals surface area contributed by atoms with Crippen LogP contribution >= 0.6 is 0 Å². The Morgan fingerprint density at radius 2 is 2.03 bits per heavy atom. The lowest BCUT2D eigenvalue weighted by Gasteiger charge is -2.07. The van der Waals surface area contributed by atoms with Gasteiger partial charge in [0, 0.05) is 42.7 Å². The molecule has 0 aliphatic rings. The van der Waals surface area contributed by atoms with Gasteiger partial charge in [0.2, 0.25) is 0 Å². The number of nitrogens with two attached hydrogens (primary N) is 1. The molecular weight excluding hydrogens is 426 g/mol. The minimum Gasteiger partial charge on any atom is -0.481 e. The molecule has 4 rings (SSSR count). The van der Waals surface area contributed by atoms with Crippen LogP contribution in [0.3, 0.4) is 0 Å². The van der Waals surface area contributed by atoms with E-state index in [0.717, 1.165) is 42.8 Å². The van der Waals surface area contributed by atoms with E-state index in [1.165, 1.54) is 17.7 Å². The molecule has 0 bridgehead atoms. The minimum atomic E-state index is -0.833. The van der Waals surface area contributed by atoms with E-state index >= 15 is 0 Å². The second kappa shape index (κ2) is 10.0. The second-order valence-corrected chi connectivity index (χ2v) is 7.44. The average Bonchev–Trinajstić information content (AvgIpc) is 3.15. The second-order valence-electron chi connectivity index (χ2n) is 7.44. The summed E-state index contributed by atoms with van der Waals surface area (Å²) in [4.78, 5) is 39.6. The van der Waals surface area contributed by atoms with Crippen LogP contribution in [0.1, 0.15) is 25.8 Å². The van der Waals surface area contributed by atoms with Crippen molar-refractivity contribution in [3.63, 3.8) is 0 Å². The van der Waals surface area contributed by atoms with Gasteiger partial charge >= 0.3 is 0 Å². The van der Waals surface area contributed by atoms with Gasteiger partial charge < -0.3 is 20.4 Å². The van der Waals surface area contributed by atoms with E-state index in [1.54, 1.807) is 6.07 Å². The summed E-state index contributed by atoms with van der Waals surface area (Å²) in [5, 5.41) is 19.4. The zero-order chi connectivity index (χ0) is 24.1. The number of hydrogen-bond acceptors (Lipinski definition) is 6. The predicted octanol–water partition coefficient (Wildman–Crippen LogP) is 3.46. The highest BCUT2D eigenvalue weighted by molar-refractivity contribution is 5.97. The van der Waals surface area contributed by atoms with Gasteiger partial charge in [-0.25, -0.2) is 4.98 Å². The van der Waals surface area contributed by atoms with Crippen molar-refractivity contribution < 1.29 is 14.8 Å². The van der Waals surface area contributed by atoms with Crippen LogP contribution in [-0.4, -0.2) is 37.1 Å². The summed E-state index contributed by atoms with van der Waals surface area (Å²) in [5.41, 5.74) is 9.40. The van der Waals surface area contributed by atoms with Crippen LogP contribution in [0.5, 0.6) is 0 Å². The van der Waals surface area contributed by atoms with Gasteiger partial charge in [-0.2, -0.15) is 0 Å². The first-order chi connectivity index (χ1) is 15.8. The highest BCUT2D eigenvalue weighted by atomic mass is 16.6. The van der Waals surface area contributed by atoms with Crippen LogP contribution in [0, 0.1) is 10.1 Å². The van der Waals surface area contributed by atoms with E-state index in [4.69, 9.17) is 15.6 Å². The van der Waals surface area contributed by atoms with Gasteiger partial charge in [0.25, 0.3) is 17.2 Å². The number of benzene rings is 2. The van der Waals surface area contributed by atoms with Gasteiger partial charge in [-0.15, -0.1) is 0 Å². The smallest absolute Gasteiger partial charge is 0.300 e. The summed E-state index contributed by atoms with van der Waals surface area (Å²) in [6.45, 7) is 4.52. The maximum Gasteiger partial charge on any atom is 0.300 e. The number of H-pyrrole nitrogens is 1. The number of non-ortho nitro benzene ring substituents is 1. The van der Waals surface area contributed by atoms with Crippen LogP contribution in [0.2, 0.25) is 0 Å². The number of carboxylic acid groups (broad SMARTS) is 1. The van der Waals surface area contributed by atoms with Crippen LogP contribution in [0.25, 0.3) is 33.2 Å². The number of aliphatic carboxylic acids is 1. The van der Waals surface area contributed by atoms with Gasteiger partial charge in [0.15, 0.2) is 0 Å². The van der Waals surface area contributed by atoms with Crippen molar-refractivity contribution >= 4 is 33.6 Å². The van der Waals surface area contributed by atoms with E-state index in [9.17, 15) is 14.9 Å². The number of fused-ring (bicyclic) bond motifs is 2. The summed E-state index contributed by atoms with van der Waals surface area (Å²) >= 11 is 0. The number of nitro benzene ring substituents is 1. The molecule has 0 fully saturated rings. The Balaban J connectivity index is 0.000000709. The maximum atomic E-state index is 12.8. The van der Waals surface area contributed by atoms with E-state index in [2.05, 4.69) is 27.5 Å².